The lowest BCUT2D eigenvalue weighted by Gasteiger charge is -2.09. The number of carbonyl (C=O) groups excluding carboxylic acids is 1. The summed E-state index contributed by atoms with van der Waals surface area (Å²) in [6, 6.07) is 7.62. The third-order valence-corrected chi connectivity index (χ3v) is 3.42. The lowest BCUT2D eigenvalue weighted by Crippen LogP contribution is -2.24. The predicted octanol–water partition coefficient (Wildman–Crippen LogP) is 3.14. The first-order chi connectivity index (χ1) is 9.54. The first-order valence-corrected chi connectivity index (χ1v) is 6.51. The van der Waals surface area contributed by atoms with Crippen molar-refractivity contribution in [2.45, 2.75) is 27.3 Å². The molecule has 2 rings (SSSR count). The maximum absolute atomic E-state index is 12.3. The van der Waals surface area contributed by atoms with Crippen molar-refractivity contribution in [3.05, 3.63) is 52.5 Å². The monoisotopic (exact) mass is 273 g/mol. The molecule has 0 fully saturated rings. The number of benzene rings is 1. The summed E-state index contributed by atoms with van der Waals surface area (Å²) in [4.78, 5) is 12.3. The van der Waals surface area contributed by atoms with E-state index in [1.54, 1.807) is 14.0 Å². The minimum atomic E-state index is -0.122. The van der Waals surface area contributed by atoms with E-state index in [-0.39, 0.29) is 5.91 Å². The molecule has 1 aromatic carbocycles. The summed E-state index contributed by atoms with van der Waals surface area (Å²) >= 11 is 0. The molecule has 0 atom stereocenters. The molecule has 0 aliphatic carbocycles. The van der Waals surface area contributed by atoms with E-state index in [0.29, 0.717) is 17.9 Å². The summed E-state index contributed by atoms with van der Waals surface area (Å²) in [6.07, 6.45) is 0. The second kappa shape index (κ2) is 5.82. The number of carbonyl (C=O) groups is 1. The van der Waals surface area contributed by atoms with E-state index in [1.807, 2.05) is 38.1 Å². The van der Waals surface area contributed by atoms with E-state index in [0.717, 1.165) is 22.6 Å². The van der Waals surface area contributed by atoms with Crippen LogP contribution < -0.4 is 10.1 Å². The van der Waals surface area contributed by atoms with Gasteiger partial charge in [0.25, 0.3) is 5.91 Å². The van der Waals surface area contributed by atoms with Crippen LogP contribution in [0.2, 0.25) is 0 Å². The van der Waals surface area contributed by atoms with E-state index < -0.39 is 0 Å². The van der Waals surface area contributed by atoms with Gasteiger partial charge in [0, 0.05) is 17.7 Å². The molecule has 4 heteroatoms. The molecule has 0 unspecified atom stereocenters. The van der Waals surface area contributed by atoms with Crippen molar-refractivity contribution in [3.8, 4) is 5.75 Å². The Morgan fingerprint density at radius 1 is 1.20 bits per heavy atom. The molecule has 0 aliphatic rings. The quantitative estimate of drug-likeness (QED) is 0.931. The Morgan fingerprint density at radius 3 is 2.50 bits per heavy atom. The van der Waals surface area contributed by atoms with Crippen LogP contribution >= 0.6 is 0 Å². The van der Waals surface area contributed by atoms with Gasteiger partial charge in [0.2, 0.25) is 0 Å². The van der Waals surface area contributed by atoms with Crippen LogP contribution in [0.25, 0.3) is 0 Å². The van der Waals surface area contributed by atoms with Gasteiger partial charge < -0.3 is 14.5 Å². The van der Waals surface area contributed by atoms with Gasteiger partial charge in [-0.3, -0.25) is 4.79 Å². The molecule has 4 nitrogen and oxygen atoms in total. The van der Waals surface area contributed by atoms with Crippen molar-refractivity contribution in [1.82, 2.24) is 5.32 Å². The van der Waals surface area contributed by atoms with E-state index >= 15 is 0 Å². The van der Waals surface area contributed by atoms with E-state index in [1.165, 1.54) is 0 Å². The summed E-state index contributed by atoms with van der Waals surface area (Å²) in [5, 5.41) is 2.91. The molecule has 106 valence electrons. The Balaban J connectivity index is 2.13. The first kappa shape index (κ1) is 14.2. The van der Waals surface area contributed by atoms with Crippen LogP contribution in [-0.4, -0.2) is 13.0 Å². The van der Waals surface area contributed by atoms with Crippen LogP contribution in [0, 0.1) is 20.8 Å². The zero-order valence-electron chi connectivity index (χ0n) is 12.2. The molecule has 2 aromatic rings. The third-order valence-electron chi connectivity index (χ3n) is 3.42. The Labute approximate surface area is 118 Å². The van der Waals surface area contributed by atoms with Gasteiger partial charge in [0.1, 0.15) is 17.3 Å². The fraction of sp³-hybridized carbons (Fsp3) is 0.312. The van der Waals surface area contributed by atoms with Gasteiger partial charge in [-0.2, -0.15) is 0 Å². The largest absolute Gasteiger partial charge is 0.496 e. The molecule has 1 heterocycles. The van der Waals surface area contributed by atoms with Crippen molar-refractivity contribution < 1.29 is 13.9 Å². The minimum Gasteiger partial charge on any atom is -0.496 e. The lowest BCUT2D eigenvalue weighted by molar-refractivity contribution is 0.0948. The van der Waals surface area contributed by atoms with Crippen molar-refractivity contribution in [1.29, 1.82) is 0 Å². The van der Waals surface area contributed by atoms with Crippen molar-refractivity contribution >= 4 is 5.91 Å². The summed E-state index contributed by atoms with van der Waals surface area (Å²) in [5.74, 6) is 2.08. The third kappa shape index (κ3) is 2.69. The summed E-state index contributed by atoms with van der Waals surface area (Å²) in [7, 11) is 1.62. The molecule has 0 saturated carbocycles. The van der Waals surface area contributed by atoms with Crippen LogP contribution in [0.4, 0.5) is 0 Å². The summed E-state index contributed by atoms with van der Waals surface area (Å²) in [6.45, 7) is 5.98. The number of furan rings is 1. The van der Waals surface area contributed by atoms with E-state index in [9.17, 15) is 4.79 Å². The number of hydrogen-bond donors (Lipinski definition) is 1. The van der Waals surface area contributed by atoms with Crippen molar-refractivity contribution in [2.24, 2.45) is 0 Å². The van der Waals surface area contributed by atoms with Gasteiger partial charge >= 0.3 is 0 Å². The van der Waals surface area contributed by atoms with Gasteiger partial charge in [-0.05, 0) is 26.8 Å². The Kier molecular flexibility index (Phi) is 4.13. The highest BCUT2D eigenvalue weighted by Crippen LogP contribution is 2.21. The number of methoxy groups -OCH3 is 1. The first-order valence-electron chi connectivity index (χ1n) is 6.51. The topological polar surface area (TPSA) is 51.5 Å². The van der Waals surface area contributed by atoms with E-state index in [2.05, 4.69) is 5.32 Å². The maximum atomic E-state index is 12.3. The maximum Gasteiger partial charge on any atom is 0.255 e. The highest BCUT2D eigenvalue weighted by molar-refractivity contribution is 5.96. The lowest BCUT2D eigenvalue weighted by atomic mass is 10.1. The zero-order chi connectivity index (χ0) is 14.7. The minimum absolute atomic E-state index is 0.122. The number of aryl methyl sites for hydroxylation is 2. The number of rotatable bonds is 4. The molecule has 0 spiro atoms. The molecular formula is C16H19NO3. The molecule has 1 N–H and O–H groups in total. The Morgan fingerprint density at radius 2 is 1.90 bits per heavy atom. The second-order valence-electron chi connectivity index (χ2n) is 4.71. The molecule has 1 aromatic heterocycles. The average molecular weight is 273 g/mol. The Bertz CT molecular complexity index is 629. The van der Waals surface area contributed by atoms with Gasteiger partial charge in [-0.25, -0.2) is 0 Å². The molecule has 0 saturated heterocycles. The normalized spacial score (nSPS) is 10.4. The number of para-hydroxylation sites is 1. The molecule has 0 bridgehead atoms. The summed E-state index contributed by atoms with van der Waals surface area (Å²) in [5.41, 5.74) is 2.45. The average Bonchev–Trinajstić information content (AvgIpc) is 2.70. The predicted molar refractivity (Wildman–Crippen MR) is 77.1 cm³/mol. The van der Waals surface area contributed by atoms with Crippen LogP contribution in [0.15, 0.2) is 28.7 Å². The molecule has 1 amide bonds. The van der Waals surface area contributed by atoms with Gasteiger partial charge in [0.15, 0.2) is 0 Å². The van der Waals surface area contributed by atoms with Crippen LogP contribution in [-0.2, 0) is 6.54 Å². The van der Waals surface area contributed by atoms with E-state index in [4.69, 9.17) is 9.15 Å². The zero-order valence-corrected chi connectivity index (χ0v) is 12.2. The number of nitrogens with one attached hydrogen (secondary N) is 1. The Hall–Kier alpha value is -2.23. The van der Waals surface area contributed by atoms with Crippen LogP contribution in [0.3, 0.4) is 0 Å². The SMILES string of the molecule is COc1ccccc1CNC(=O)c1c(C)oc(C)c1C. The van der Waals surface area contributed by atoms with Crippen molar-refractivity contribution in [3.63, 3.8) is 0 Å². The fourth-order valence-electron chi connectivity index (χ4n) is 2.24. The van der Waals surface area contributed by atoms with Crippen LogP contribution in [0.5, 0.6) is 5.75 Å². The fourth-order valence-corrected chi connectivity index (χ4v) is 2.24. The smallest absolute Gasteiger partial charge is 0.255 e. The van der Waals surface area contributed by atoms with Gasteiger partial charge in [-0.15, -0.1) is 0 Å². The van der Waals surface area contributed by atoms with Gasteiger partial charge in [0.05, 0.1) is 12.7 Å². The summed E-state index contributed by atoms with van der Waals surface area (Å²) < 4.78 is 10.7. The number of hydrogen-bond acceptors (Lipinski definition) is 3. The highest BCUT2D eigenvalue weighted by atomic mass is 16.5. The number of ether oxygens (including phenoxy) is 1. The molecule has 20 heavy (non-hydrogen) atoms. The highest BCUT2D eigenvalue weighted by Gasteiger charge is 2.18. The van der Waals surface area contributed by atoms with Crippen molar-refractivity contribution in [2.75, 3.05) is 7.11 Å². The molecule has 0 aliphatic heterocycles. The standard InChI is InChI=1S/C16H19NO3/c1-10-11(2)20-12(3)15(10)16(18)17-9-13-7-5-6-8-14(13)19-4/h5-8H,9H2,1-4H3,(H,17,18). The molecular weight excluding hydrogens is 254 g/mol. The second-order valence-corrected chi connectivity index (χ2v) is 4.71. The molecule has 0 radical (unpaired) electrons. The van der Waals surface area contributed by atoms with Crippen LogP contribution in [0.1, 0.15) is 33.0 Å². The van der Waals surface area contributed by atoms with Gasteiger partial charge in [-0.1, -0.05) is 18.2 Å². The number of amides is 1.